The van der Waals surface area contributed by atoms with Gasteiger partial charge >= 0.3 is 0 Å². The number of rotatable bonds is 3. The summed E-state index contributed by atoms with van der Waals surface area (Å²) in [7, 11) is -1.82. The SMILES string of the molecule is C[Si](C)c1ccccc1N(C(C)(C)C)[Si](C)(C)C. The van der Waals surface area contributed by atoms with Crippen molar-refractivity contribution in [2.75, 3.05) is 4.57 Å². The van der Waals surface area contributed by atoms with Gasteiger partial charge in [0.25, 0.3) is 0 Å². The van der Waals surface area contributed by atoms with Crippen LogP contribution in [-0.4, -0.2) is 22.6 Å². The Morgan fingerprint density at radius 2 is 1.50 bits per heavy atom. The van der Waals surface area contributed by atoms with Crippen LogP contribution in [0.2, 0.25) is 32.7 Å². The quantitative estimate of drug-likeness (QED) is 0.753. The van der Waals surface area contributed by atoms with Crippen LogP contribution in [0.25, 0.3) is 0 Å². The van der Waals surface area contributed by atoms with Crippen LogP contribution in [0.15, 0.2) is 24.3 Å². The lowest BCUT2D eigenvalue weighted by molar-refractivity contribution is 0.573. The highest BCUT2D eigenvalue weighted by atomic mass is 28.3. The second kappa shape index (κ2) is 5.21. The molecule has 101 valence electrons. The minimum Gasteiger partial charge on any atom is -0.394 e. The van der Waals surface area contributed by atoms with E-state index in [1.165, 1.54) is 5.69 Å². The van der Waals surface area contributed by atoms with E-state index in [0.717, 1.165) is 0 Å². The van der Waals surface area contributed by atoms with E-state index in [4.69, 9.17) is 0 Å². The number of anilines is 1. The molecule has 1 rings (SSSR count). The van der Waals surface area contributed by atoms with E-state index in [2.05, 4.69) is 82.3 Å². The van der Waals surface area contributed by atoms with Crippen molar-refractivity contribution in [2.45, 2.75) is 59.0 Å². The predicted octanol–water partition coefficient (Wildman–Crippen LogP) is 4.09. The molecule has 0 N–H and O–H groups in total. The van der Waals surface area contributed by atoms with Gasteiger partial charge in [-0.15, -0.1) is 0 Å². The van der Waals surface area contributed by atoms with Crippen molar-refractivity contribution in [3.05, 3.63) is 24.3 Å². The topological polar surface area (TPSA) is 3.24 Å². The molecule has 3 heteroatoms. The fourth-order valence-corrected chi connectivity index (χ4v) is 7.00. The van der Waals surface area contributed by atoms with Gasteiger partial charge in [-0.05, 0) is 32.0 Å². The van der Waals surface area contributed by atoms with Gasteiger partial charge in [-0.3, -0.25) is 0 Å². The normalized spacial score (nSPS) is 12.9. The molecular formula is C15H28NSi2. The minimum atomic E-state index is -1.39. The molecule has 0 fully saturated rings. The number of benzene rings is 1. The van der Waals surface area contributed by atoms with Crippen molar-refractivity contribution in [1.82, 2.24) is 0 Å². The molecular weight excluding hydrogens is 250 g/mol. The first-order valence-corrected chi connectivity index (χ1v) is 12.7. The molecule has 18 heavy (non-hydrogen) atoms. The van der Waals surface area contributed by atoms with E-state index in [9.17, 15) is 0 Å². The first kappa shape index (κ1) is 15.5. The molecule has 1 aromatic rings. The van der Waals surface area contributed by atoms with E-state index < -0.39 is 17.0 Å². The van der Waals surface area contributed by atoms with E-state index in [-0.39, 0.29) is 5.54 Å². The Labute approximate surface area is 116 Å². The lowest BCUT2D eigenvalue weighted by Crippen LogP contribution is -2.58. The van der Waals surface area contributed by atoms with Crippen molar-refractivity contribution < 1.29 is 0 Å². The zero-order valence-corrected chi connectivity index (χ0v) is 15.3. The molecule has 1 nitrogen and oxygen atoms in total. The van der Waals surface area contributed by atoms with Gasteiger partial charge in [-0.2, -0.15) is 0 Å². The summed E-state index contributed by atoms with van der Waals surface area (Å²) in [5.74, 6) is 0. The minimum absolute atomic E-state index is 0.192. The van der Waals surface area contributed by atoms with E-state index in [0.29, 0.717) is 0 Å². The lowest BCUT2D eigenvalue weighted by Gasteiger charge is -2.48. The smallest absolute Gasteiger partial charge is 0.148 e. The van der Waals surface area contributed by atoms with Gasteiger partial charge in [-0.1, -0.05) is 50.9 Å². The van der Waals surface area contributed by atoms with Gasteiger partial charge in [0.15, 0.2) is 0 Å². The van der Waals surface area contributed by atoms with Crippen LogP contribution in [0.4, 0.5) is 5.69 Å². The number of nitrogens with zero attached hydrogens (tertiary/aromatic N) is 1. The van der Waals surface area contributed by atoms with Gasteiger partial charge in [0, 0.05) is 11.2 Å². The number of para-hydroxylation sites is 1. The Kier molecular flexibility index (Phi) is 4.49. The highest BCUT2D eigenvalue weighted by molar-refractivity contribution is 6.81. The first-order chi connectivity index (χ1) is 8.05. The van der Waals surface area contributed by atoms with Crippen LogP contribution < -0.4 is 9.75 Å². The molecule has 0 unspecified atom stereocenters. The molecule has 1 aromatic carbocycles. The van der Waals surface area contributed by atoms with Crippen molar-refractivity contribution in [3.8, 4) is 0 Å². The fourth-order valence-electron chi connectivity index (χ4n) is 2.82. The standard InChI is InChI=1S/C15H28NSi2/c1-15(2,3)16(18(6,7)8)13-11-9-10-12-14(13)17(4)5/h9-12H,1-8H3. The van der Waals surface area contributed by atoms with Gasteiger partial charge in [-0.25, -0.2) is 0 Å². The van der Waals surface area contributed by atoms with Crippen molar-refractivity contribution in [2.24, 2.45) is 0 Å². The summed E-state index contributed by atoms with van der Waals surface area (Å²) in [6.45, 7) is 19.1. The summed E-state index contributed by atoms with van der Waals surface area (Å²) in [6, 6.07) is 9.00. The third kappa shape index (κ3) is 3.48. The molecule has 0 saturated heterocycles. The van der Waals surface area contributed by atoms with Gasteiger partial charge < -0.3 is 4.57 Å². The summed E-state index contributed by atoms with van der Waals surface area (Å²) < 4.78 is 2.70. The Bertz CT molecular complexity index is 386. The summed E-state index contributed by atoms with van der Waals surface area (Å²) >= 11 is 0. The zero-order valence-electron chi connectivity index (χ0n) is 13.3. The third-order valence-corrected chi connectivity index (χ3v) is 6.78. The Morgan fingerprint density at radius 3 is 1.89 bits per heavy atom. The largest absolute Gasteiger partial charge is 0.394 e. The third-order valence-electron chi connectivity index (χ3n) is 3.03. The molecule has 0 atom stereocenters. The Balaban J connectivity index is 3.40. The Hall–Kier alpha value is -0.546. The van der Waals surface area contributed by atoms with Gasteiger partial charge in [0.05, 0.1) is 8.80 Å². The molecule has 0 saturated carbocycles. The molecule has 0 heterocycles. The highest BCUT2D eigenvalue weighted by Gasteiger charge is 2.34. The summed E-state index contributed by atoms with van der Waals surface area (Å²) in [4.78, 5) is 0. The molecule has 0 spiro atoms. The van der Waals surface area contributed by atoms with Crippen LogP contribution >= 0.6 is 0 Å². The summed E-state index contributed by atoms with van der Waals surface area (Å²) in [5.41, 5.74) is 1.67. The average molecular weight is 279 g/mol. The molecule has 0 bridgehead atoms. The zero-order chi connectivity index (χ0) is 14.1. The molecule has 0 aromatic heterocycles. The predicted molar refractivity (Wildman–Crippen MR) is 89.1 cm³/mol. The molecule has 0 amide bonds. The maximum atomic E-state index is 2.70. The molecule has 0 aliphatic carbocycles. The van der Waals surface area contributed by atoms with Gasteiger partial charge in [0.2, 0.25) is 0 Å². The second-order valence-electron chi connectivity index (χ2n) is 7.19. The van der Waals surface area contributed by atoms with Crippen LogP contribution in [-0.2, 0) is 0 Å². The van der Waals surface area contributed by atoms with Gasteiger partial charge in [0.1, 0.15) is 8.24 Å². The van der Waals surface area contributed by atoms with Crippen molar-refractivity contribution in [3.63, 3.8) is 0 Å². The second-order valence-corrected chi connectivity index (χ2v) is 14.5. The monoisotopic (exact) mass is 278 g/mol. The van der Waals surface area contributed by atoms with E-state index in [1.54, 1.807) is 5.19 Å². The average Bonchev–Trinajstić information content (AvgIpc) is 2.13. The Morgan fingerprint density at radius 1 is 1.00 bits per heavy atom. The number of hydrogen-bond donors (Lipinski definition) is 0. The maximum absolute atomic E-state index is 2.70. The number of hydrogen-bond acceptors (Lipinski definition) is 1. The first-order valence-electron chi connectivity index (χ1n) is 6.75. The van der Waals surface area contributed by atoms with Crippen LogP contribution in [0.3, 0.4) is 0 Å². The van der Waals surface area contributed by atoms with Crippen LogP contribution in [0.1, 0.15) is 20.8 Å². The lowest BCUT2D eigenvalue weighted by atomic mass is 10.1. The van der Waals surface area contributed by atoms with Crippen LogP contribution in [0, 0.1) is 0 Å². The van der Waals surface area contributed by atoms with Crippen molar-refractivity contribution in [1.29, 1.82) is 0 Å². The maximum Gasteiger partial charge on any atom is 0.148 e. The molecule has 0 aliphatic heterocycles. The van der Waals surface area contributed by atoms with Crippen molar-refractivity contribution >= 4 is 27.9 Å². The van der Waals surface area contributed by atoms with Crippen LogP contribution in [0.5, 0.6) is 0 Å². The highest BCUT2D eigenvalue weighted by Crippen LogP contribution is 2.29. The fraction of sp³-hybridized carbons (Fsp3) is 0.600. The summed E-state index contributed by atoms with van der Waals surface area (Å²) in [6.07, 6.45) is 0. The molecule has 1 radical (unpaired) electrons. The summed E-state index contributed by atoms with van der Waals surface area (Å²) in [5, 5.41) is 1.57. The van der Waals surface area contributed by atoms with E-state index >= 15 is 0 Å². The molecule has 0 aliphatic rings. The van der Waals surface area contributed by atoms with E-state index in [1.807, 2.05) is 0 Å².